The summed E-state index contributed by atoms with van der Waals surface area (Å²) >= 11 is 7.30. The van der Waals surface area contributed by atoms with Crippen LogP contribution in [-0.2, 0) is 0 Å². The minimum absolute atomic E-state index is 0.559. The molecule has 0 unspecified atom stereocenters. The van der Waals surface area contributed by atoms with Crippen molar-refractivity contribution in [1.29, 1.82) is 0 Å². The Balaban J connectivity index is 1.91. The fourth-order valence-corrected chi connectivity index (χ4v) is 2.15. The van der Waals surface area contributed by atoms with Crippen LogP contribution in [0.25, 0.3) is 10.3 Å². The Morgan fingerprint density at radius 3 is 2.76 bits per heavy atom. The van der Waals surface area contributed by atoms with E-state index in [0.29, 0.717) is 11.0 Å². The predicted molar refractivity (Wildman–Crippen MR) is 69.9 cm³/mol. The molecule has 4 nitrogen and oxygen atoms in total. The lowest BCUT2D eigenvalue weighted by molar-refractivity contribution is 1.21. The molecule has 17 heavy (non-hydrogen) atoms. The summed E-state index contributed by atoms with van der Waals surface area (Å²) in [5.74, 6) is 0.559. The summed E-state index contributed by atoms with van der Waals surface area (Å²) < 4.78 is 0. The summed E-state index contributed by atoms with van der Waals surface area (Å²) in [6, 6.07) is 7.38. The van der Waals surface area contributed by atoms with Crippen molar-refractivity contribution >= 4 is 44.9 Å². The number of thiazole rings is 1. The van der Waals surface area contributed by atoms with Crippen LogP contribution < -0.4 is 5.32 Å². The topological polar surface area (TPSA) is 50.7 Å². The maximum absolute atomic E-state index is 5.81. The maximum Gasteiger partial charge on any atom is 0.228 e. The third kappa shape index (κ3) is 2.20. The van der Waals surface area contributed by atoms with Crippen molar-refractivity contribution in [2.24, 2.45) is 0 Å². The van der Waals surface area contributed by atoms with Crippen LogP contribution in [0.5, 0.6) is 0 Å². The Kier molecular flexibility index (Phi) is 2.62. The van der Waals surface area contributed by atoms with E-state index in [2.05, 4.69) is 20.3 Å². The van der Waals surface area contributed by atoms with E-state index >= 15 is 0 Å². The monoisotopic (exact) mass is 262 g/mol. The molecule has 0 saturated carbocycles. The highest BCUT2D eigenvalue weighted by Crippen LogP contribution is 2.19. The molecule has 0 bridgehead atoms. The van der Waals surface area contributed by atoms with E-state index in [1.807, 2.05) is 24.3 Å². The summed E-state index contributed by atoms with van der Waals surface area (Å²) in [7, 11) is 0. The number of hydrogen-bond acceptors (Lipinski definition) is 5. The number of hydrogen-bond donors (Lipinski definition) is 1. The number of rotatable bonds is 2. The van der Waals surface area contributed by atoms with Crippen LogP contribution in [0.1, 0.15) is 0 Å². The van der Waals surface area contributed by atoms with Crippen LogP contribution in [0, 0.1) is 0 Å². The number of anilines is 2. The zero-order valence-electron chi connectivity index (χ0n) is 8.59. The van der Waals surface area contributed by atoms with Crippen molar-refractivity contribution in [2.45, 2.75) is 0 Å². The van der Waals surface area contributed by atoms with E-state index in [9.17, 15) is 0 Å². The fourth-order valence-electron chi connectivity index (χ4n) is 1.39. The average molecular weight is 263 g/mol. The Labute approximate surface area is 106 Å². The Hall–Kier alpha value is -1.72. The molecule has 0 saturated heterocycles. The number of fused-ring (bicyclic) bond motifs is 1. The third-order valence-corrected chi connectivity index (χ3v) is 3.18. The van der Waals surface area contributed by atoms with Crippen molar-refractivity contribution in [1.82, 2.24) is 15.0 Å². The second kappa shape index (κ2) is 4.27. The molecule has 1 N–H and O–H groups in total. The number of benzene rings is 1. The van der Waals surface area contributed by atoms with Gasteiger partial charge in [0.1, 0.15) is 10.3 Å². The van der Waals surface area contributed by atoms with E-state index in [1.165, 1.54) is 11.3 Å². The molecule has 84 valence electrons. The van der Waals surface area contributed by atoms with Gasteiger partial charge < -0.3 is 5.32 Å². The van der Waals surface area contributed by atoms with Crippen LogP contribution in [0.4, 0.5) is 11.6 Å². The predicted octanol–water partition coefficient (Wildman–Crippen LogP) is 3.48. The van der Waals surface area contributed by atoms with Gasteiger partial charge in [0.2, 0.25) is 5.95 Å². The summed E-state index contributed by atoms with van der Waals surface area (Å²) in [5, 5.41) is 3.81. The van der Waals surface area contributed by atoms with Gasteiger partial charge in [0.05, 0.1) is 11.7 Å². The lowest BCUT2D eigenvalue weighted by atomic mass is 10.3. The smallest absolute Gasteiger partial charge is 0.228 e. The second-order valence-electron chi connectivity index (χ2n) is 3.37. The molecule has 0 fully saturated rings. The quantitative estimate of drug-likeness (QED) is 0.768. The van der Waals surface area contributed by atoms with Gasteiger partial charge in [-0.15, -0.1) is 11.3 Å². The molecule has 0 aliphatic carbocycles. The molecule has 2 heterocycles. The molecule has 3 rings (SSSR count). The Morgan fingerprint density at radius 1 is 1.12 bits per heavy atom. The second-order valence-corrected chi connectivity index (χ2v) is 4.64. The van der Waals surface area contributed by atoms with Crippen LogP contribution in [0.15, 0.2) is 36.0 Å². The van der Waals surface area contributed by atoms with Crippen molar-refractivity contribution in [3.05, 3.63) is 41.0 Å². The summed E-state index contributed by atoms with van der Waals surface area (Å²) in [4.78, 5) is 13.5. The lowest BCUT2D eigenvalue weighted by Gasteiger charge is -2.03. The molecule has 2 aromatic heterocycles. The van der Waals surface area contributed by atoms with E-state index < -0.39 is 0 Å². The standard InChI is InChI=1S/C11H7ClN4S/c12-7-1-3-8(4-2-7)15-11-13-5-9-10(16-11)17-6-14-9/h1-6H,(H,13,15,16). The normalized spacial score (nSPS) is 10.6. The first kappa shape index (κ1) is 10.4. The molecular formula is C11H7ClN4S. The van der Waals surface area contributed by atoms with Gasteiger partial charge in [-0.1, -0.05) is 11.6 Å². The van der Waals surface area contributed by atoms with Gasteiger partial charge in [0.25, 0.3) is 0 Å². The van der Waals surface area contributed by atoms with Gasteiger partial charge in [-0.3, -0.25) is 0 Å². The summed E-state index contributed by atoms with van der Waals surface area (Å²) in [5.41, 5.74) is 3.47. The Bertz CT molecular complexity index is 650. The Morgan fingerprint density at radius 2 is 1.94 bits per heavy atom. The van der Waals surface area contributed by atoms with E-state index in [4.69, 9.17) is 11.6 Å². The van der Waals surface area contributed by atoms with E-state index in [1.54, 1.807) is 11.7 Å². The molecular weight excluding hydrogens is 256 g/mol. The van der Waals surface area contributed by atoms with Gasteiger partial charge in [0.15, 0.2) is 0 Å². The fraction of sp³-hybridized carbons (Fsp3) is 0. The molecule has 3 aromatic rings. The first-order valence-corrected chi connectivity index (χ1v) is 6.16. The highest BCUT2D eigenvalue weighted by molar-refractivity contribution is 7.16. The van der Waals surface area contributed by atoms with Crippen molar-refractivity contribution in [3.63, 3.8) is 0 Å². The molecule has 1 aromatic carbocycles. The third-order valence-electron chi connectivity index (χ3n) is 2.19. The van der Waals surface area contributed by atoms with Gasteiger partial charge in [0, 0.05) is 10.7 Å². The van der Waals surface area contributed by atoms with Crippen LogP contribution in [0.3, 0.4) is 0 Å². The largest absolute Gasteiger partial charge is 0.324 e. The lowest BCUT2D eigenvalue weighted by Crippen LogP contribution is -1.95. The molecule has 0 spiro atoms. The number of aromatic nitrogens is 3. The van der Waals surface area contributed by atoms with Crippen LogP contribution in [0.2, 0.25) is 5.02 Å². The summed E-state index contributed by atoms with van der Waals surface area (Å²) in [6.45, 7) is 0. The van der Waals surface area contributed by atoms with E-state index in [0.717, 1.165) is 16.0 Å². The number of nitrogens with one attached hydrogen (secondary N) is 1. The van der Waals surface area contributed by atoms with E-state index in [-0.39, 0.29) is 0 Å². The number of nitrogens with zero attached hydrogens (tertiary/aromatic N) is 3. The van der Waals surface area contributed by atoms with Gasteiger partial charge in [-0.05, 0) is 24.3 Å². The average Bonchev–Trinajstić information content (AvgIpc) is 2.79. The van der Waals surface area contributed by atoms with Gasteiger partial charge >= 0.3 is 0 Å². The molecule has 0 atom stereocenters. The van der Waals surface area contributed by atoms with Crippen molar-refractivity contribution in [3.8, 4) is 0 Å². The first-order chi connectivity index (χ1) is 8.31. The molecule has 0 aliphatic rings. The van der Waals surface area contributed by atoms with Crippen LogP contribution in [-0.4, -0.2) is 15.0 Å². The highest BCUT2D eigenvalue weighted by Gasteiger charge is 2.02. The number of halogens is 1. The zero-order valence-corrected chi connectivity index (χ0v) is 10.2. The van der Waals surface area contributed by atoms with Gasteiger partial charge in [-0.2, -0.15) is 4.98 Å². The minimum Gasteiger partial charge on any atom is -0.324 e. The molecule has 0 aliphatic heterocycles. The minimum atomic E-state index is 0.559. The first-order valence-electron chi connectivity index (χ1n) is 4.90. The highest BCUT2D eigenvalue weighted by atomic mass is 35.5. The zero-order chi connectivity index (χ0) is 11.7. The van der Waals surface area contributed by atoms with Crippen LogP contribution >= 0.6 is 22.9 Å². The van der Waals surface area contributed by atoms with Gasteiger partial charge in [-0.25, -0.2) is 9.97 Å². The maximum atomic E-state index is 5.81. The SMILES string of the molecule is Clc1ccc(Nc2ncc3ncsc3n2)cc1. The molecule has 6 heteroatoms. The summed E-state index contributed by atoms with van der Waals surface area (Å²) in [6.07, 6.45) is 1.71. The van der Waals surface area contributed by atoms with Crippen molar-refractivity contribution in [2.75, 3.05) is 5.32 Å². The van der Waals surface area contributed by atoms with Crippen molar-refractivity contribution < 1.29 is 0 Å². The molecule has 0 radical (unpaired) electrons. The molecule has 0 amide bonds.